The highest BCUT2D eigenvalue weighted by atomic mass is 32.2. The summed E-state index contributed by atoms with van der Waals surface area (Å²) in [5.41, 5.74) is 1.04. The fraction of sp³-hybridized carbons (Fsp3) is 0.286. The molecule has 3 rings (SSSR count). The fourth-order valence-electron chi connectivity index (χ4n) is 2.57. The molecule has 20 heavy (non-hydrogen) atoms. The van der Waals surface area contributed by atoms with E-state index in [0.717, 1.165) is 18.4 Å². The van der Waals surface area contributed by atoms with Gasteiger partial charge in [0.1, 0.15) is 5.82 Å². The van der Waals surface area contributed by atoms with E-state index in [2.05, 4.69) is 0 Å². The topological polar surface area (TPSA) is 37.4 Å². The summed E-state index contributed by atoms with van der Waals surface area (Å²) in [5, 5.41) is 3.94. The van der Waals surface area contributed by atoms with Crippen LogP contribution in [0.25, 0.3) is 0 Å². The van der Waals surface area contributed by atoms with Gasteiger partial charge in [-0.2, -0.15) is 15.6 Å². The third kappa shape index (κ3) is 2.39. The summed E-state index contributed by atoms with van der Waals surface area (Å²) in [4.78, 5) is 0.154. The molecule has 2 heterocycles. The Kier molecular flexibility index (Phi) is 3.62. The minimum Gasteiger partial charge on any atom is -0.207 e. The van der Waals surface area contributed by atoms with Crippen molar-refractivity contribution >= 4 is 21.4 Å². The molecule has 1 aliphatic rings. The minimum atomic E-state index is -3.56. The molecule has 0 amide bonds. The van der Waals surface area contributed by atoms with Gasteiger partial charge >= 0.3 is 0 Å². The highest BCUT2D eigenvalue weighted by molar-refractivity contribution is 7.89. The molecule has 1 aliphatic heterocycles. The molecule has 0 radical (unpaired) electrons. The molecule has 0 saturated carbocycles. The van der Waals surface area contributed by atoms with E-state index in [9.17, 15) is 12.8 Å². The predicted molar refractivity (Wildman–Crippen MR) is 76.6 cm³/mol. The Hall–Kier alpha value is -1.24. The van der Waals surface area contributed by atoms with Crippen molar-refractivity contribution in [1.29, 1.82) is 0 Å². The molecule has 0 aliphatic carbocycles. The van der Waals surface area contributed by atoms with Crippen LogP contribution < -0.4 is 0 Å². The first-order chi connectivity index (χ1) is 9.59. The fourth-order valence-corrected chi connectivity index (χ4v) is 4.96. The van der Waals surface area contributed by atoms with Gasteiger partial charge < -0.3 is 0 Å². The SMILES string of the molecule is O=S(=O)(c1ccc(F)cc1)N1CCC[C@H]1c1ccsc1. The maximum Gasteiger partial charge on any atom is 0.243 e. The van der Waals surface area contributed by atoms with Crippen molar-refractivity contribution in [1.82, 2.24) is 4.31 Å². The van der Waals surface area contributed by atoms with Gasteiger partial charge in [0, 0.05) is 6.54 Å². The molecule has 0 N–H and O–H groups in total. The van der Waals surface area contributed by atoms with Gasteiger partial charge in [0.05, 0.1) is 10.9 Å². The lowest BCUT2D eigenvalue weighted by molar-refractivity contribution is 0.397. The van der Waals surface area contributed by atoms with E-state index < -0.39 is 15.8 Å². The van der Waals surface area contributed by atoms with Crippen LogP contribution in [0, 0.1) is 5.82 Å². The van der Waals surface area contributed by atoms with Crippen molar-refractivity contribution < 1.29 is 12.8 Å². The van der Waals surface area contributed by atoms with E-state index in [-0.39, 0.29) is 10.9 Å². The molecular formula is C14H14FNO2S2. The molecular weight excluding hydrogens is 297 g/mol. The van der Waals surface area contributed by atoms with E-state index >= 15 is 0 Å². The zero-order valence-corrected chi connectivity index (χ0v) is 12.3. The number of sulfonamides is 1. The smallest absolute Gasteiger partial charge is 0.207 e. The first kappa shape index (κ1) is 13.7. The van der Waals surface area contributed by atoms with Crippen LogP contribution in [0.15, 0.2) is 46.0 Å². The molecule has 1 aromatic carbocycles. The number of halogens is 1. The third-order valence-electron chi connectivity index (χ3n) is 3.55. The number of hydrogen-bond acceptors (Lipinski definition) is 3. The molecule has 1 atom stereocenters. The van der Waals surface area contributed by atoms with Crippen LogP contribution in [0.1, 0.15) is 24.4 Å². The summed E-state index contributed by atoms with van der Waals surface area (Å²) in [6.45, 7) is 0.514. The lowest BCUT2D eigenvalue weighted by Gasteiger charge is -2.23. The first-order valence-electron chi connectivity index (χ1n) is 6.38. The number of hydrogen-bond donors (Lipinski definition) is 0. The lowest BCUT2D eigenvalue weighted by atomic mass is 10.1. The summed E-state index contributed by atoms with van der Waals surface area (Å²) >= 11 is 1.57. The summed E-state index contributed by atoms with van der Waals surface area (Å²) < 4.78 is 39.8. The second-order valence-corrected chi connectivity index (χ2v) is 7.45. The number of thiophene rings is 1. The first-order valence-corrected chi connectivity index (χ1v) is 8.77. The predicted octanol–water partition coefficient (Wildman–Crippen LogP) is 3.41. The van der Waals surface area contributed by atoms with E-state index in [1.165, 1.54) is 28.6 Å². The number of nitrogens with zero attached hydrogens (tertiary/aromatic N) is 1. The van der Waals surface area contributed by atoms with Gasteiger partial charge in [0.2, 0.25) is 10.0 Å². The molecule has 2 aromatic rings. The van der Waals surface area contributed by atoms with Crippen LogP contribution in [0.5, 0.6) is 0 Å². The zero-order valence-electron chi connectivity index (χ0n) is 10.7. The van der Waals surface area contributed by atoms with Crippen LogP contribution in [0.2, 0.25) is 0 Å². The quantitative estimate of drug-likeness (QED) is 0.871. The molecule has 0 unspecified atom stereocenters. The Labute approximate surface area is 121 Å². The normalized spacial score (nSPS) is 20.4. The van der Waals surface area contributed by atoms with Crippen molar-refractivity contribution in [2.45, 2.75) is 23.8 Å². The average molecular weight is 311 g/mol. The molecule has 3 nitrogen and oxygen atoms in total. The van der Waals surface area contributed by atoms with Gasteiger partial charge in [-0.05, 0) is 59.5 Å². The summed E-state index contributed by atoms with van der Waals surface area (Å²) in [5.74, 6) is -0.431. The zero-order chi connectivity index (χ0) is 14.2. The highest BCUT2D eigenvalue weighted by Crippen LogP contribution is 2.37. The highest BCUT2D eigenvalue weighted by Gasteiger charge is 2.36. The molecule has 1 fully saturated rings. The standard InChI is InChI=1S/C14H14FNO2S2/c15-12-3-5-13(6-4-12)20(17,18)16-8-1-2-14(16)11-7-9-19-10-11/h3-7,9-10,14H,1-2,8H2/t14-/m0/s1. The molecule has 0 bridgehead atoms. The summed E-state index contributed by atoms with van der Waals surface area (Å²) in [6, 6.07) is 6.89. The number of rotatable bonds is 3. The van der Waals surface area contributed by atoms with Crippen molar-refractivity contribution in [2.24, 2.45) is 0 Å². The van der Waals surface area contributed by atoms with Crippen LogP contribution in [-0.4, -0.2) is 19.3 Å². The van der Waals surface area contributed by atoms with E-state index in [0.29, 0.717) is 6.54 Å². The van der Waals surface area contributed by atoms with Crippen molar-refractivity contribution in [3.8, 4) is 0 Å². The Bertz CT molecular complexity index is 680. The van der Waals surface area contributed by atoms with Crippen LogP contribution in [0.3, 0.4) is 0 Å². The lowest BCUT2D eigenvalue weighted by Crippen LogP contribution is -2.30. The van der Waals surface area contributed by atoms with Gasteiger partial charge in [-0.15, -0.1) is 0 Å². The number of benzene rings is 1. The van der Waals surface area contributed by atoms with E-state index in [1.807, 2.05) is 16.8 Å². The van der Waals surface area contributed by atoms with Crippen LogP contribution >= 0.6 is 11.3 Å². The average Bonchev–Trinajstić information content (AvgIpc) is 3.10. The molecule has 1 saturated heterocycles. The molecule has 106 valence electrons. The van der Waals surface area contributed by atoms with Gasteiger partial charge in [0.15, 0.2) is 0 Å². The second-order valence-electron chi connectivity index (χ2n) is 4.78. The largest absolute Gasteiger partial charge is 0.243 e. The Balaban J connectivity index is 1.96. The third-order valence-corrected chi connectivity index (χ3v) is 6.18. The Morgan fingerprint density at radius 1 is 1.20 bits per heavy atom. The van der Waals surface area contributed by atoms with Crippen molar-refractivity contribution in [3.63, 3.8) is 0 Å². The Morgan fingerprint density at radius 3 is 2.60 bits per heavy atom. The maximum absolute atomic E-state index is 12.9. The van der Waals surface area contributed by atoms with E-state index in [1.54, 1.807) is 11.3 Å². The summed E-state index contributed by atoms with van der Waals surface area (Å²) in [6.07, 6.45) is 1.68. The summed E-state index contributed by atoms with van der Waals surface area (Å²) in [7, 11) is -3.56. The van der Waals surface area contributed by atoms with Gasteiger partial charge in [-0.1, -0.05) is 0 Å². The van der Waals surface area contributed by atoms with Crippen LogP contribution in [-0.2, 0) is 10.0 Å². The van der Waals surface area contributed by atoms with Crippen LogP contribution in [0.4, 0.5) is 4.39 Å². The molecule has 1 aromatic heterocycles. The van der Waals surface area contributed by atoms with Crippen molar-refractivity contribution in [3.05, 3.63) is 52.5 Å². The van der Waals surface area contributed by atoms with E-state index in [4.69, 9.17) is 0 Å². The second kappa shape index (κ2) is 5.27. The molecule has 6 heteroatoms. The maximum atomic E-state index is 12.9. The monoisotopic (exact) mass is 311 g/mol. The molecule has 0 spiro atoms. The Morgan fingerprint density at radius 2 is 1.95 bits per heavy atom. The van der Waals surface area contributed by atoms with Gasteiger partial charge in [-0.3, -0.25) is 0 Å². The van der Waals surface area contributed by atoms with Crippen molar-refractivity contribution in [2.75, 3.05) is 6.54 Å². The van der Waals surface area contributed by atoms with Gasteiger partial charge in [-0.25, -0.2) is 12.8 Å². The minimum absolute atomic E-state index is 0.101. The van der Waals surface area contributed by atoms with Gasteiger partial charge in [0.25, 0.3) is 0 Å².